The van der Waals surface area contributed by atoms with Crippen LogP contribution in [0.2, 0.25) is 0 Å². The first-order chi connectivity index (χ1) is 7.97. The number of rotatable bonds is 5. The zero-order valence-electron chi connectivity index (χ0n) is 9.98. The molecule has 3 N–H and O–H groups in total. The Morgan fingerprint density at radius 1 is 1.59 bits per heavy atom. The summed E-state index contributed by atoms with van der Waals surface area (Å²) in [4.78, 5) is 12.6. The van der Waals surface area contributed by atoms with Crippen LogP contribution < -0.4 is 10.6 Å². The van der Waals surface area contributed by atoms with Gasteiger partial charge in [0.15, 0.2) is 0 Å². The maximum atomic E-state index is 13.6. The van der Waals surface area contributed by atoms with Crippen LogP contribution in [0.25, 0.3) is 0 Å². The number of aliphatic hydroxyl groups is 1. The quantitative estimate of drug-likeness (QED) is 0.812. The van der Waals surface area contributed by atoms with E-state index in [1.807, 2.05) is 6.92 Å². The smallest absolute Gasteiger partial charge is 0.236 e. The Morgan fingerprint density at radius 2 is 2.24 bits per heavy atom. The minimum absolute atomic E-state index is 0.000324. The fourth-order valence-electron chi connectivity index (χ4n) is 1.77. The molecule has 0 fully saturated rings. The van der Waals surface area contributed by atoms with E-state index in [1.54, 1.807) is 17.0 Å². The van der Waals surface area contributed by atoms with Crippen LogP contribution in [0.4, 0.5) is 10.1 Å². The molecule has 17 heavy (non-hydrogen) atoms. The molecule has 0 spiro atoms. The molecule has 1 unspecified atom stereocenters. The van der Waals surface area contributed by atoms with Crippen molar-refractivity contribution in [1.29, 1.82) is 0 Å². The second-order valence-corrected chi connectivity index (χ2v) is 3.83. The number of carbonyl (C=O) groups is 1. The van der Waals surface area contributed by atoms with Crippen molar-refractivity contribution in [2.45, 2.75) is 20.0 Å². The van der Waals surface area contributed by atoms with Crippen LogP contribution in [-0.4, -0.2) is 24.1 Å². The lowest BCUT2D eigenvalue weighted by Crippen LogP contribution is -2.34. The number of nitrogens with zero attached hydrogens (tertiary/aromatic N) is 1. The number of hydrogen-bond acceptors (Lipinski definition) is 3. The Labute approximate surface area is 99.8 Å². The second-order valence-electron chi connectivity index (χ2n) is 3.83. The fraction of sp³-hybridized carbons (Fsp3) is 0.417. The first-order valence-corrected chi connectivity index (χ1v) is 5.47. The molecule has 1 atom stereocenters. The molecule has 0 heterocycles. The van der Waals surface area contributed by atoms with Gasteiger partial charge < -0.3 is 15.7 Å². The number of halogens is 1. The second kappa shape index (κ2) is 5.63. The van der Waals surface area contributed by atoms with Crippen LogP contribution >= 0.6 is 0 Å². The summed E-state index contributed by atoms with van der Waals surface area (Å²) in [5, 5.41) is 9.58. The topological polar surface area (TPSA) is 66.6 Å². The van der Waals surface area contributed by atoms with Gasteiger partial charge in [0.2, 0.25) is 5.91 Å². The number of carbonyl (C=O) groups excluding carboxylic acids is 1. The van der Waals surface area contributed by atoms with Gasteiger partial charge in [0.1, 0.15) is 5.82 Å². The van der Waals surface area contributed by atoms with Crippen molar-refractivity contribution in [3.63, 3.8) is 0 Å². The van der Waals surface area contributed by atoms with Gasteiger partial charge in [-0.1, -0.05) is 6.07 Å². The van der Waals surface area contributed by atoms with Gasteiger partial charge in [0, 0.05) is 17.8 Å². The fourth-order valence-corrected chi connectivity index (χ4v) is 1.77. The van der Waals surface area contributed by atoms with Gasteiger partial charge >= 0.3 is 0 Å². The predicted octanol–water partition coefficient (Wildman–Crippen LogP) is 1.19. The van der Waals surface area contributed by atoms with Crippen molar-refractivity contribution in [2.24, 2.45) is 5.73 Å². The van der Waals surface area contributed by atoms with Crippen LogP contribution in [-0.2, 0) is 4.79 Å². The molecule has 0 saturated carbocycles. The van der Waals surface area contributed by atoms with Gasteiger partial charge in [-0.25, -0.2) is 4.39 Å². The third kappa shape index (κ3) is 3.17. The summed E-state index contributed by atoms with van der Waals surface area (Å²) in [6.07, 6.45) is -0.937. The molecule has 94 valence electrons. The molecule has 1 aromatic carbocycles. The number of nitrogens with two attached hydrogens (primary N) is 1. The van der Waals surface area contributed by atoms with E-state index in [1.165, 1.54) is 13.0 Å². The summed E-state index contributed by atoms with van der Waals surface area (Å²) >= 11 is 0. The highest BCUT2D eigenvalue weighted by Crippen LogP contribution is 2.28. The molecule has 1 rings (SSSR count). The molecule has 0 saturated heterocycles. The molecule has 1 aromatic rings. The minimum atomic E-state index is -0.937. The highest BCUT2D eigenvalue weighted by Gasteiger charge is 2.18. The molecule has 0 radical (unpaired) electrons. The summed E-state index contributed by atoms with van der Waals surface area (Å²) in [5.74, 6) is -0.979. The van der Waals surface area contributed by atoms with Crippen molar-refractivity contribution in [3.8, 4) is 0 Å². The SMILES string of the molecule is CCN(CC(N)=O)c1cccc(F)c1C(C)O. The maximum absolute atomic E-state index is 13.6. The van der Waals surface area contributed by atoms with Gasteiger partial charge in [-0.15, -0.1) is 0 Å². The zero-order valence-corrected chi connectivity index (χ0v) is 9.98. The maximum Gasteiger partial charge on any atom is 0.236 e. The molecule has 0 bridgehead atoms. The van der Waals surface area contributed by atoms with Crippen molar-refractivity contribution < 1.29 is 14.3 Å². The number of primary amides is 1. The van der Waals surface area contributed by atoms with Crippen LogP contribution in [0, 0.1) is 5.82 Å². The summed E-state index contributed by atoms with van der Waals surface area (Å²) in [7, 11) is 0. The normalized spacial score (nSPS) is 12.2. The summed E-state index contributed by atoms with van der Waals surface area (Å²) in [5.41, 5.74) is 5.83. The van der Waals surface area contributed by atoms with E-state index in [0.29, 0.717) is 12.2 Å². The number of hydrogen-bond donors (Lipinski definition) is 2. The highest BCUT2D eigenvalue weighted by molar-refractivity contribution is 5.80. The number of likely N-dealkylation sites (N-methyl/N-ethyl adjacent to an activating group) is 1. The first kappa shape index (κ1) is 13.4. The number of aliphatic hydroxyl groups excluding tert-OH is 1. The highest BCUT2D eigenvalue weighted by atomic mass is 19.1. The minimum Gasteiger partial charge on any atom is -0.389 e. The largest absolute Gasteiger partial charge is 0.389 e. The summed E-state index contributed by atoms with van der Waals surface area (Å²) < 4.78 is 13.6. The molecule has 0 aliphatic rings. The Morgan fingerprint density at radius 3 is 2.71 bits per heavy atom. The molecular formula is C12H17FN2O2. The lowest BCUT2D eigenvalue weighted by molar-refractivity contribution is -0.116. The van der Waals surface area contributed by atoms with E-state index in [2.05, 4.69) is 0 Å². The Hall–Kier alpha value is -1.62. The molecular weight excluding hydrogens is 223 g/mol. The Bertz CT molecular complexity index is 407. The average molecular weight is 240 g/mol. The van der Waals surface area contributed by atoms with E-state index in [-0.39, 0.29) is 12.1 Å². The predicted molar refractivity (Wildman–Crippen MR) is 64.1 cm³/mol. The van der Waals surface area contributed by atoms with Crippen LogP contribution in [0.15, 0.2) is 18.2 Å². The molecule has 5 heteroatoms. The number of amides is 1. The number of benzene rings is 1. The lowest BCUT2D eigenvalue weighted by Gasteiger charge is -2.25. The van der Waals surface area contributed by atoms with E-state index < -0.39 is 17.8 Å². The van der Waals surface area contributed by atoms with E-state index in [4.69, 9.17) is 5.73 Å². The molecule has 1 amide bonds. The summed E-state index contributed by atoms with van der Waals surface area (Å²) in [6.45, 7) is 3.82. The van der Waals surface area contributed by atoms with Gasteiger partial charge in [-0.2, -0.15) is 0 Å². The lowest BCUT2D eigenvalue weighted by atomic mass is 10.1. The average Bonchev–Trinajstić information content (AvgIpc) is 2.24. The van der Waals surface area contributed by atoms with Crippen molar-refractivity contribution in [3.05, 3.63) is 29.6 Å². The summed E-state index contributed by atoms with van der Waals surface area (Å²) in [6, 6.07) is 4.49. The van der Waals surface area contributed by atoms with Gasteiger partial charge in [0.05, 0.1) is 12.6 Å². The third-order valence-corrected chi connectivity index (χ3v) is 2.52. The van der Waals surface area contributed by atoms with Crippen molar-refractivity contribution in [1.82, 2.24) is 0 Å². The van der Waals surface area contributed by atoms with Crippen LogP contribution in [0.3, 0.4) is 0 Å². The van der Waals surface area contributed by atoms with Crippen LogP contribution in [0.5, 0.6) is 0 Å². The molecule has 0 aromatic heterocycles. The third-order valence-electron chi connectivity index (χ3n) is 2.52. The first-order valence-electron chi connectivity index (χ1n) is 5.47. The Kier molecular flexibility index (Phi) is 4.45. The molecule has 0 aliphatic carbocycles. The van der Waals surface area contributed by atoms with Crippen molar-refractivity contribution in [2.75, 3.05) is 18.0 Å². The van der Waals surface area contributed by atoms with Gasteiger partial charge in [0.25, 0.3) is 0 Å². The standard InChI is InChI=1S/C12H17FN2O2/c1-3-15(7-11(14)17)10-6-4-5-9(13)12(10)8(2)16/h4-6,8,16H,3,7H2,1-2H3,(H2,14,17). The van der Waals surface area contributed by atoms with Gasteiger partial charge in [-0.05, 0) is 26.0 Å². The van der Waals surface area contributed by atoms with E-state index >= 15 is 0 Å². The van der Waals surface area contributed by atoms with E-state index in [0.717, 1.165) is 0 Å². The van der Waals surface area contributed by atoms with Crippen molar-refractivity contribution >= 4 is 11.6 Å². The zero-order chi connectivity index (χ0) is 13.0. The monoisotopic (exact) mass is 240 g/mol. The van der Waals surface area contributed by atoms with Crippen LogP contribution in [0.1, 0.15) is 25.5 Å². The number of anilines is 1. The van der Waals surface area contributed by atoms with E-state index in [9.17, 15) is 14.3 Å². The molecule has 0 aliphatic heterocycles. The molecule has 4 nitrogen and oxygen atoms in total. The Balaban J connectivity index is 3.18. The van der Waals surface area contributed by atoms with Gasteiger partial charge in [-0.3, -0.25) is 4.79 Å².